The summed E-state index contributed by atoms with van der Waals surface area (Å²) in [6.07, 6.45) is 2.75. The molecule has 0 aliphatic heterocycles. The van der Waals surface area contributed by atoms with Crippen LogP contribution in [0.3, 0.4) is 0 Å². The number of hydrogen-bond acceptors (Lipinski definition) is 1. The van der Waals surface area contributed by atoms with Crippen LogP contribution in [-0.2, 0) is 6.42 Å². The summed E-state index contributed by atoms with van der Waals surface area (Å²) in [5.41, 5.74) is -0.260. The molecular formula is C16H22F2O. The van der Waals surface area contributed by atoms with E-state index in [1.807, 2.05) is 0 Å². The topological polar surface area (TPSA) is 20.2 Å². The number of halogens is 2. The molecule has 19 heavy (non-hydrogen) atoms. The maximum absolute atomic E-state index is 13.2. The number of benzene rings is 1. The lowest BCUT2D eigenvalue weighted by Gasteiger charge is -2.44. The van der Waals surface area contributed by atoms with Gasteiger partial charge in [0.1, 0.15) is 11.6 Å². The lowest BCUT2D eigenvalue weighted by atomic mass is 9.64. The molecule has 1 fully saturated rings. The number of aliphatic hydroxyl groups is 1. The highest BCUT2D eigenvalue weighted by molar-refractivity contribution is 5.20. The van der Waals surface area contributed by atoms with E-state index in [0.717, 1.165) is 12.5 Å². The molecule has 0 radical (unpaired) electrons. The summed E-state index contributed by atoms with van der Waals surface area (Å²) in [6.45, 7) is 6.40. The third-order valence-corrected chi connectivity index (χ3v) is 3.89. The fourth-order valence-corrected chi connectivity index (χ4v) is 3.93. The van der Waals surface area contributed by atoms with E-state index in [1.54, 1.807) is 0 Å². The van der Waals surface area contributed by atoms with Gasteiger partial charge in [0.2, 0.25) is 0 Å². The Morgan fingerprint density at radius 3 is 2.26 bits per heavy atom. The normalized spacial score (nSPS) is 30.3. The molecule has 2 unspecified atom stereocenters. The Balaban J connectivity index is 2.20. The van der Waals surface area contributed by atoms with Crippen LogP contribution in [0.25, 0.3) is 0 Å². The van der Waals surface area contributed by atoms with Crippen molar-refractivity contribution in [3.8, 4) is 0 Å². The van der Waals surface area contributed by atoms with E-state index < -0.39 is 17.2 Å². The molecule has 0 heterocycles. The molecule has 2 atom stereocenters. The summed E-state index contributed by atoms with van der Waals surface area (Å²) in [6, 6.07) is 3.49. The maximum Gasteiger partial charge on any atom is 0.126 e. The van der Waals surface area contributed by atoms with Crippen LogP contribution in [-0.4, -0.2) is 10.7 Å². The molecule has 1 nitrogen and oxygen atoms in total. The molecule has 1 aromatic rings. The van der Waals surface area contributed by atoms with Crippen molar-refractivity contribution in [1.82, 2.24) is 0 Å². The van der Waals surface area contributed by atoms with Gasteiger partial charge in [0.05, 0.1) is 5.60 Å². The maximum atomic E-state index is 13.2. The van der Waals surface area contributed by atoms with E-state index >= 15 is 0 Å². The average molecular weight is 268 g/mol. The number of rotatable bonds is 2. The Hall–Kier alpha value is -0.960. The molecule has 1 N–H and O–H groups in total. The summed E-state index contributed by atoms with van der Waals surface area (Å²) < 4.78 is 26.4. The molecule has 0 spiro atoms. The molecule has 0 bridgehead atoms. The molecule has 2 rings (SSSR count). The van der Waals surface area contributed by atoms with Crippen LogP contribution in [0.15, 0.2) is 18.2 Å². The van der Waals surface area contributed by atoms with Crippen molar-refractivity contribution in [2.75, 3.05) is 0 Å². The second kappa shape index (κ2) is 4.86. The minimum atomic E-state index is -0.860. The van der Waals surface area contributed by atoms with Gasteiger partial charge in [0.15, 0.2) is 0 Å². The average Bonchev–Trinajstić information content (AvgIpc) is 2.08. The minimum absolute atomic E-state index is 0.0677. The molecule has 1 aliphatic carbocycles. The monoisotopic (exact) mass is 268 g/mol. The zero-order valence-electron chi connectivity index (χ0n) is 11.8. The predicted molar refractivity (Wildman–Crippen MR) is 71.8 cm³/mol. The second-order valence-electron chi connectivity index (χ2n) is 7.03. The van der Waals surface area contributed by atoms with Crippen molar-refractivity contribution in [3.05, 3.63) is 35.4 Å². The van der Waals surface area contributed by atoms with Crippen molar-refractivity contribution in [2.24, 2.45) is 11.3 Å². The molecule has 1 aliphatic rings. The predicted octanol–water partition coefficient (Wildman–Crippen LogP) is 4.08. The van der Waals surface area contributed by atoms with Crippen LogP contribution in [0, 0.1) is 23.0 Å². The van der Waals surface area contributed by atoms with Crippen molar-refractivity contribution >= 4 is 0 Å². The van der Waals surface area contributed by atoms with E-state index in [1.165, 1.54) is 12.1 Å². The SMILES string of the molecule is CC1CC(C)(C)CC(O)(Cc2cc(F)cc(F)c2)C1. The fraction of sp³-hybridized carbons (Fsp3) is 0.625. The summed E-state index contributed by atoms with van der Waals surface area (Å²) in [5, 5.41) is 10.8. The standard InChI is InChI=1S/C16H22F2O/c1-11-7-15(2,3)10-16(19,8-11)9-12-4-13(17)6-14(18)5-12/h4-6,11,19H,7-10H2,1-3H3. The Morgan fingerprint density at radius 2 is 1.74 bits per heavy atom. The minimum Gasteiger partial charge on any atom is -0.390 e. The van der Waals surface area contributed by atoms with Gasteiger partial charge in [-0.3, -0.25) is 0 Å². The lowest BCUT2D eigenvalue weighted by molar-refractivity contribution is -0.0575. The van der Waals surface area contributed by atoms with Gasteiger partial charge < -0.3 is 5.11 Å². The summed E-state index contributed by atoms with van der Waals surface area (Å²) in [5.74, 6) is -0.740. The largest absolute Gasteiger partial charge is 0.390 e. The zero-order chi connectivity index (χ0) is 14.3. The summed E-state index contributed by atoms with van der Waals surface area (Å²) >= 11 is 0. The molecule has 1 saturated carbocycles. The van der Waals surface area contributed by atoms with Crippen molar-refractivity contribution in [3.63, 3.8) is 0 Å². The zero-order valence-corrected chi connectivity index (χ0v) is 11.8. The van der Waals surface area contributed by atoms with Gasteiger partial charge >= 0.3 is 0 Å². The highest BCUT2D eigenvalue weighted by Crippen LogP contribution is 2.45. The Bertz CT molecular complexity index is 450. The molecule has 106 valence electrons. The van der Waals surface area contributed by atoms with Crippen LogP contribution in [0.5, 0.6) is 0 Å². The van der Waals surface area contributed by atoms with E-state index in [4.69, 9.17) is 0 Å². The van der Waals surface area contributed by atoms with Gasteiger partial charge in [0.25, 0.3) is 0 Å². The van der Waals surface area contributed by atoms with E-state index in [-0.39, 0.29) is 5.41 Å². The first-order valence-electron chi connectivity index (χ1n) is 6.85. The van der Waals surface area contributed by atoms with Crippen LogP contribution in [0.1, 0.15) is 45.6 Å². The van der Waals surface area contributed by atoms with E-state index in [2.05, 4.69) is 20.8 Å². The lowest BCUT2D eigenvalue weighted by Crippen LogP contribution is -2.43. The van der Waals surface area contributed by atoms with E-state index in [0.29, 0.717) is 30.7 Å². The molecule has 1 aromatic carbocycles. The van der Waals surface area contributed by atoms with Gasteiger partial charge in [-0.15, -0.1) is 0 Å². The fourth-order valence-electron chi connectivity index (χ4n) is 3.93. The molecule has 3 heteroatoms. The molecule has 0 saturated heterocycles. The highest BCUT2D eigenvalue weighted by atomic mass is 19.1. The first-order chi connectivity index (χ1) is 8.67. The van der Waals surface area contributed by atoms with Crippen LogP contribution in [0.4, 0.5) is 8.78 Å². The third kappa shape index (κ3) is 3.75. The first kappa shape index (κ1) is 14.4. The summed E-state index contributed by atoms with van der Waals surface area (Å²) in [7, 11) is 0. The van der Waals surface area contributed by atoms with Gasteiger partial charge in [-0.2, -0.15) is 0 Å². The van der Waals surface area contributed by atoms with Crippen LogP contribution >= 0.6 is 0 Å². The van der Waals surface area contributed by atoms with Gasteiger partial charge in [0, 0.05) is 12.5 Å². The van der Waals surface area contributed by atoms with Crippen molar-refractivity contribution in [2.45, 2.75) is 52.1 Å². The quantitative estimate of drug-likeness (QED) is 0.856. The van der Waals surface area contributed by atoms with Crippen molar-refractivity contribution in [1.29, 1.82) is 0 Å². The van der Waals surface area contributed by atoms with Gasteiger partial charge in [-0.25, -0.2) is 8.78 Å². The smallest absolute Gasteiger partial charge is 0.126 e. The Morgan fingerprint density at radius 1 is 1.16 bits per heavy atom. The van der Waals surface area contributed by atoms with Gasteiger partial charge in [-0.1, -0.05) is 20.8 Å². The highest BCUT2D eigenvalue weighted by Gasteiger charge is 2.41. The molecular weight excluding hydrogens is 246 g/mol. The van der Waals surface area contributed by atoms with Crippen molar-refractivity contribution < 1.29 is 13.9 Å². The summed E-state index contributed by atoms with van der Waals surface area (Å²) in [4.78, 5) is 0. The molecule has 0 aromatic heterocycles. The first-order valence-corrected chi connectivity index (χ1v) is 6.85. The third-order valence-electron chi connectivity index (χ3n) is 3.89. The van der Waals surface area contributed by atoms with Gasteiger partial charge in [-0.05, 0) is 48.3 Å². The second-order valence-corrected chi connectivity index (χ2v) is 7.03. The van der Waals surface area contributed by atoms with Crippen LogP contribution < -0.4 is 0 Å². The van der Waals surface area contributed by atoms with Crippen LogP contribution in [0.2, 0.25) is 0 Å². The number of hydrogen-bond donors (Lipinski definition) is 1. The molecule has 0 amide bonds. The Kier molecular flexibility index (Phi) is 3.69. The Labute approximate surface area is 113 Å². The van der Waals surface area contributed by atoms with E-state index in [9.17, 15) is 13.9 Å².